The zero-order valence-electron chi connectivity index (χ0n) is 10.6. The predicted molar refractivity (Wildman–Crippen MR) is 71.0 cm³/mol. The summed E-state index contributed by atoms with van der Waals surface area (Å²) in [6.45, 7) is 9.28. The Balaban J connectivity index is 2.34. The average Bonchev–Trinajstić information content (AvgIpc) is 2.80. The van der Waals surface area contributed by atoms with Gasteiger partial charge in [0.2, 0.25) is 0 Å². The van der Waals surface area contributed by atoms with Gasteiger partial charge < -0.3 is 10.1 Å². The molecule has 0 saturated carbocycles. The molecule has 0 amide bonds. The van der Waals surface area contributed by atoms with Crippen molar-refractivity contribution in [2.45, 2.75) is 45.8 Å². The minimum absolute atomic E-state index is 0.0425. The number of rotatable bonds is 8. The molecule has 0 fully saturated rings. The average molecular weight is 241 g/mol. The molecule has 0 bridgehead atoms. The summed E-state index contributed by atoms with van der Waals surface area (Å²) in [4.78, 5) is 1.30. The lowest BCUT2D eigenvalue weighted by Crippen LogP contribution is -2.40. The Bertz CT molecular complexity index is 273. The summed E-state index contributed by atoms with van der Waals surface area (Å²) in [5, 5.41) is 5.53. The lowest BCUT2D eigenvalue weighted by Gasteiger charge is -2.29. The van der Waals surface area contributed by atoms with Crippen molar-refractivity contribution in [1.29, 1.82) is 0 Å². The summed E-state index contributed by atoms with van der Waals surface area (Å²) in [5.41, 5.74) is -0.0425. The largest absolute Gasteiger partial charge is 0.368 e. The molecule has 2 nitrogen and oxygen atoms in total. The van der Waals surface area contributed by atoms with Crippen LogP contribution < -0.4 is 5.32 Å². The standard InChI is InChI=1S/C13H23NOS/c1-4-8-14-11-13(3,5-2)15-10-12-7-6-9-16-12/h6-7,9,14H,4-5,8,10-11H2,1-3H3. The zero-order valence-corrected chi connectivity index (χ0v) is 11.4. The Kier molecular flexibility index (Phi) is 6.03. The fourth-order valence-corrected chi connectivity index (χ4v) is 2.06. The topological polar surface area (TPSA) is 21.3 Å². The second-order valence-electron chi connectivity index (χ2n) is 4.35. The minimum atomic E-state index is -0.0425. The monoisotopic (exact) mass is 241 g/mol. The van der Waals surface area contributed by atoms with Crippen molar-refractivity contribution in [3.63, 3.8) is 0 Å². The molecule has 3 heteroatoms. The number of thiophene rings is 1. The highest BCUT2D eigenvalue weighted by Gasteiger charge is 2.22. The molecule has 0 aliphatic rings. The smallest absolute Gasteiger partial charge is 0.0817 e. The predicted octanol–water partition coefficient (Wildman–Crippen LogP) is 3.43. The fourth-order valence-electron chi connectivity index (χ4n) is 1.45. The maximum atomic E-state index is 6.02. The van der Waals surface area contributed by atoms with Crippen LogP contribution in [0.15, 0.2) is 17.5 Å². The van der Waals surface area contributed by atoms with E-state index in [-0.39, 0.29) is 5.60 Å². The molecule has 1 N–H and O–H groups in total. The van der Waals surface area contributed by atoms with Crippen LogP contribution in [0.4, 0.5) is 0 Å². The molecular weight excluding hydrogens is 218 g/mol. The Morgan fingerprint density at radius 1 is 1.44 bits per heavy atom. The molecule has 1 rings (SSSR count). The molecule has 0 aromatic carbocycles. The highest BCUT2D eigenvalue weighted by atomic mass is 32.1. The van der Waals surface area contributed by atoms with Crippen LogP contribution in [-0.4, -0.2) is 18.7 Å². The van der Waals surface area contributed by atoms with E-state index < -0.39 is 0 Å². The molecule has 1 heterocycles. The molecule has 0 aliphatic carbocycles. The Morgan fingerprint density at radius 2 is 2.25 bits per heavy atom. The molecule has 1 atom stereocenters. The van der Waals surface area contributed by atoms with Crippen LogP contribution in [0.2, 0.25) is 0 Å². The fraction of sp³-hybridized carbons (Fsp3) is 0.692. The molecule has 0 aliphatic heterocycles. The van der Waals surface area contributed by atoms with Crippen LogP contribution in [0.3, 0.4) is 0 Å². The Labute approximate surface area is 103 Å². The van der Waals surface area contributed by atoms with Crippen molar-refractivity contribution in [3.8, 4) is 0 Å². The number of ether oxygens (including phenoxy) is 1. The van der Waals surface area contributed by atoms with Gasteiger partial charge in [0, 0.05) is 11.4 Å². The van der Waals surface area contributed by atoms with Gasteiger partial charge in [-0.2, -0.15) is 0 Å². The zero-order chi connectivity index (χ0) is 11.9. The second-order valence-corrected chi connectivity index (χ2v) is 5.38. The third kappa shape index (κ3) is 4.64. The van der Waals surface area contributed by atoms with Gasteiger partial charge in [0.15, 0.2) is 0 Å². The lowest BCUT2D eigenvalue weighted by atomic mass is 10.0. The Hall–Kier alpha value is -0.380. The van der Waals surface area contributed by atoms with Gasteiger partial charge >= 0.3 is 0 Å². The van der Waals surface area contributed by atoms with Crippen LogP contribution in [0.5, 0.6) is 0 Å². The molecule has 1 unspecified atom stereocenters. The van der Waals surface area contributed by atoms with Gasteiger partial charge in [-0.05, 0) is 37.8 Å². The number of hydrogen-bond donors (Lipinski definition) is 1. The van der Waals surface area contributed by atoms with Crippen LogP contribution in [0.1, 0.15) is 38.5 Å². The van der Waals surface area contributed by atoms with Crippen molar-refractivity contribution in [2.75, 3.05) is 13.1 Å². The summed E-state index contributed by atoms with van der Waals surface area (Å²) >= 11 is 1.76. The summed E-state index contributed by atoms with van der Waals surface area (Å²) in [5.74, 6) is 0. The molecule has 16 heavy (non-hydrogen) atoms. The number of hydrogen-bond acceptors (Lipinski definition) is 3. The van der Waals surface area contributed by atoms with Gasteiger partial charge in [0.05, 0.1) is 12.2 Å². The quantitative estimate of drug-likeness (QED) is 0.704. The minimum Gasteiger partial charge on any atom is -0.368 e. The number of nitrogens with one attached hydrogen (secondary N) is 1. The molecule has 0 saturated heterocycles. The van der Waals surface area contributed by atoms with E-state index in [9.17, 15) is 0 Å². The molecular formula is C13H23NOS. The van der Waals surface area contributed by atoms with Crippen molar-refractivity contribution in [2.24, 2.45) is 0 Å². The molecule has 0 spiro atoms. The van der Waals surface area contributed by atoms with Crippen molar-refractivity contribution in [1.82, 2.24) is 5.32 Å². The van der Waals surface area contributed by atoms with Crippen LogP contribution in [0, 0.1) is 0 Å². The first kappa shape index (κ1) is 13.7. The van der Waals surface area contributed by atoms with E-state index in [1.54, 1.807) is 11.3 Å². The maximum absolute atomic E-state index is 6.02. The van der Waals surface area contributed by atoms with E-state index in [1.807, 2.05) is 0 Å². The molecule has 1 aromatic rings. The first-order valence-electron chi connectivity index (χ1n) is 6.07. The van der Waals surface area contributed by atoms with Crippen LogP contribution in [-0.2, 0) is 11.3 Å². The first-order valence-corrected chi connectivity index (χ1v) is 6.95. The third-order valence-corrected chi connectivity index (χ3v) is 3.67. The molecule has 1 aromatic heterocycles. The van der Waals surface area contributed by atoms with E-state index in [2.05, 4.69) is 43.6 Å². The van der Waals surface area contributed by atoms with Gasteiger partial charge in [0.25, 0.3) is 0 Å². The molecule has 92 valence electrons. The van der Waals surface area contributed by atoms with Gasteiger partial charge in [-0.1, -0.05) is 19.9 Å². The van der Waals surface area contributed by atoms with Gasteiger partial charge in [-0.25, -0.2) is 0 Å². The normalized spacial score (nSPS) is 14.9. The van der Waals surface area contributed by atoms with Gasteiger partial charge in [0.1, 0.15) is 0 Å². The van der Waals surface area contributed by atoms with Gasteiger partial charge in [-0.15, -0.1) is 11.3 Å². The molecule has 0 radical (unpaired) electrons. The van der Waals surface area contributed by atoms with Crippen LogP contribution in [0.25, 0.3) is 0 Å². The van der Waals surface area contributed by atoms with E-state index in [0.29, 0.717) is 0 Å². The van der Waals surface area contributed by atoms with E-state index in [0.717, 1.165) is 26.1 Å². The summed E-state index contributed by atoms with van der Waals surface area (Å²) < 4.78 is 6.02. The second kappa shape index (κ2) is 7.05. The van der Waals surface area contributed by atoms with Crippen LogP contribution >= 0.6 is 11.3 Å². The van der Waals surface area contributed by atoms with E-state index in [4.69, 9.17) is 4.74 Å². The van der Waals surface area contributed by atoms with Gasteiger partial charge in [-0.3, -0.25) is 0 Å². The summed E-state index contributed by atoms with van der Waals surface area (Å²) in [7, 11) is 0. The Morgan fingerprint density at radius 3 is 2.81 bits per heavy atom. The highest BCUT2D eigenvalue weighted by Crippen LogP contribution is 2.19. The highest BCUT2D eigenvalue weighted by molar-refractivity contribution is 7.09. The van der Waals surface area contributed by atoms with E-state index >= 15 is 0 Å². The first-order chi connectivity index (χ1) is 7.70. The van der Waals surface area contributed by atoms with Crippen molar-refractivity contribution < 1.29 is 4.74 Å². The maximum Gasteiger partial charge on any atom is 0.0817 e. The third-order valence-electron chi connectivity index (χ3n) is 2.82. The van der Waals surface area contributed by atoms with E-state index in [1.165, 1.54) is 11.3 Å². The SMILES string of the molecule is CCCNCC(C)(CC)OCc1cccs1. The van der Waals surface area contributed by atoms with Crippen molar-refractivity contribution in [3.05, 3.63) is 22.4 Å². The lowest BCUT2D eigenvalue weighted by molar-refractivity contribution is -0.0431. The van der Waals surface area contributed by atoms with Crippen molar-refractivity contribution >= 4 is 11.3 Å². The summed E-state index contributed by atoms with van der Waals surface area (Å²) in [6.07, 6.45) is 2.21. The summed E-state index contributed by atoms with van der Waals surface area (Å²) in [6, 6.07) is 4.20.